The average molecular weight is 366 g/mol. The van der Waals surface area contributed by atoms with E-state index in [0.29, 0.717) is 12.1 Å². The van der Waals surface area contributed by atoms with E-state index in [-0.39, 0.29) is 21.7 Å². The van der Waals surface area contributed by atoms with Crippen molar-refractivity contribution in [3.63, 3.8) is 0 Å². The Balaban J connectivity index is 1.93. The van der Waals surface area contributed by atoms with E-state index in [1.807, 2.05) is 6.92 Å². The lowest BCUT2D eigenvalue weighted by molar-refractivity contribution is -0.116. The van der Waals surface area contributed by atoms with E-state index in [2.05, 4.69) is 10.0 Å². The Kier molecular flexibility index (Phi) is 4.51. The van der Waals surface area contributed by atoms with Gasteiger partial charge in [0.15, 0.2) is 0 Å². The highest BCUT2D eigenvalue weighted by atomic mass is 32.2. The third-order valence-electron chi connectivity index (χ3n) is 3.41. The Morgan fingerprint density at radius 3 is 2.79 bits per heavy atom. The second-order valence-electron chi connectivity index (χ2n) is 5.45. The van der Waals surface area contributed by atoms with Gasteiger partial charge in [0.1, 0.15) is 5.82 Å². The molecule has 2 aromatic rings. The molecule has 8 heteroatoms. The SMILES string of the molecule is C[C@H]1CC(=O)Nc2cc(S(=O)(=O)Nc3cccc(F)c3)ccc2S1. The largest absolute Gasteiger partial charge is 0.325 e. The molecule has 1 amide bonds. The number of thioether (sulfide) groups is 1. The number of amides is 1. The predicted molar refractivity (Wildman–Crippen MR) is 92.2 cm³/mol. The zero-order valence-electron chi connectivity index (χ0n) is 12.7. The summed E-state index contributed by atoms with van der Waals surface area (Å²) in [6.07, 6.45) is 0.364. The van der Waals surface area contributed by atoms with Gasteiger partial charge in [-0.2, -0.15) is 0 Å². The molecule has 1 atom stereocenters. The van der Waals surface area contributed by atoms with Gasteiger partial charge in [-0.05, 0) is 36.4 Å². The molecule has 0 spiro atoms. The first-order chi connectivity index (χ1) is 11.3. The third-order valence-corrected chi connectivity index (χ3v) is 5.97. The molecule has 0 unspecified atom stereocenters. The molecule has 0 fully saturated rings. The summed E-state index contributed by atoms with van der Waals surface area (Å²) in [5.41, 5.74) is 0.605. The van der Waals surface area contributed by atoms with Crippen LogP contribution in [0.3, 0.4) is 0 Å². The van der Waals surface area contributed by atoms with Crippen molar-refractivity contribution in [3.8, 4) is 0 Å². The van der Waals surface area contributed by atoms with Crippen molar-refractivity contribution in [1.82, 2.24) is 0 Å². The van der Waals surface area contributed by atoms with Crippen LogP contribution >= 0.6 is 11.8 Å². The zero-order chi connectivity index (χ0) is 17.3. The number of halogens is 1. The lowest BCUT2D eigenvalue weighted by Gasteiger charge is -2.12. The van der Waals surface area contributed by atoms with Crippen molar-refractivity contribution in [2.24, 2.45) is 0 Å². The fraction of sp³-hybridized carbons (Fsp3) is 0.188. The molecule has 24 heavy (non-hydrogen) atoms. The molecule has 5 nitrogen and oxygen atoms in total. The van der Waals surface area contributed by atoms with Crippen molar-refractivity contribution < 1.29 is 17.6 Å². The van der Waals surface area contributed by atoms with E-state index in [4.69, 9.17) is 0 Å². The Hall–Kier alpha value is -2.06. The molecule has 2 aromatic carbocycles. The number of hydrogen-bond acceptors (Lipinski definition) is 4. The minimum Gasteiger partial charge on any atom is -0.325 e. The van der Waals surface area contributed by atoms with E-state index < -0.39 is 15.8 Å². The molecule has 0 saturated carbocycles. The van der Waals surface area contributed by atoms with Crippen molar-refractivity contribution in [3.05, 3.63) is 48.3 Å². The molecular weight excluding hydrogens is 351 g/mol. The minimum absolute atomic E-state index is 0.000893. The van der Waals surface area contributed by atoms with Gasteiger partial charge in [-0.15, -0.1) is 11.8 Å². The highest BCUT2D eigenvalue weighted by Crippen LogP contribution is 2.36. The lowest BCUT2D eigenvalue weighted by Crippen LogP contribution is -2.15. The summed E-state index contributed by atoms with van der Waals surface area (Å²) in [7, 11) is -3.88. The van der Waals surface area contributed by atoms with E-state index >= 15 is 0 Å². The highest BCUT2D eigenvalue weighted by molar-refractivity contribution is 8.00. The van der Waals surface area contributed by atoms with Crippen LogP contribution in [0.2, 0.25) is 0 Å². The van der Waals surface area contributed by atoms with E-state index in [9.17, 15) is 17.6 Å². The van der Waals surface area contributed by atoms with E-state index in [0.717, 1.165) is 11.0 Å². The summed E-state index contributed by atoms with van der Waals surface area (Å²) in [5.74, 6) is -0.684. The number of hydrogen-bond donors (Lipinski definition) is 2. The Labute approximate surface area is 143 Å². The third kappa shape index (κ3) is 3.70. The highest BCUT2D eigenvalue weighted by Gasteiger charge is 2.22. The smallest absolute Gasteiger partial charge is 0.261 e. The molecule has 1 aliphatic heterocycles. The van der Waals surface area contributed by atoms with Crippen LogP contribution in [0.1, 0.15) is 13.3 Å². The molecule has 0 saturated heterocycles. The number of fused-ring (bicyclic) bond motifs is 1. The predicted octanol–water partition coefficient (Wildman–Crippen LogP) is 3.45. The maximum absolute atomic E-state index is 13.2. The van der Waals surface area contributed by atoms with Crippen molar-refractivity contribution in [2.45, 2.75) is 28.4 Å². The van der Waals surface area contributed by atoms with E-state index in [1.54, 1.807) is 6.07 Å². The summed E-state index contributed by atoms with van der Waals surface area (Å²) < 4.78 is 40.5. The van der Waals surface area contributed by atoms with Crippen LogP contribution in [-0.4, -0.2) is 19.6 Å². The van der Waals surface area contributed by atoms with Gasteiger partial charge in [-0.1, -0.05) is 13.0 Å². The van der Waals surface area contributed by atoms with Gasteiger partial charge in [0.05, 0.1) is 16.3 Å². The molecule has 0 radical (unpaired) electrons. The molecule has 0 aromatic heterocycles. The minimum atomic E-state index is -3.88. The van der Waals surface area contributed by atoms with Gasteiger partial charge in [0, 0.05) is 16.6 Å². The number of sulfonamides is 1. The van der Waals surface area contributed by atoms with Crippen molar-refractivity contribution in [1.29, 1.82) is 0 Å². The number of carbonyl (C=O) groups is 1. The Bertz CT molecular complexity index is 900. The standard InChI is InChI=1S/C16H15FN2O3S2/c1-10-7-16(20)18-14-9-13(5-6-15(14)23-10)24(21,22)19-12-4-2-3-11(17)8-12/h2-6,8-10,19H,7H2,1H3,(H,18,20)/t10-/m0/s1. The van der Waals surface area contributed by atoms with Crippen LogP contribution < -0.4 is 10.0 Å². The molecule has 1 heterocycles. The summed E-state index contributed by atoms with van der Waals surface area (Å²) in [6.45, 7) is 1.94. The molecule has 0 bridgehead atoms. The van der Waals surface area contributed by atoms with Crippen LogP contribution in [0, 0.1) is 5.82 Å². The first-order valence-corrected chi connectivity index (χ1v) is 9.59. The number of benzene rings is 2. The van der Waals surface area contributed by atoms with Gasteiger partial charge in [-0.3, -0.25) is 9.52 Å². The molecule has 0 aliphatic carbocycles. The van der Waals surface area contributed by atoms with Gasteiger partial charge in [-0.25, -0.2) is 12.8 Å². The van der Waals surface area contributed by atoms with Crippen molar-refractivity contribution >= 4 is 39.1 Å². The summed E-state index contributed by atoms with van der Waals surface area (Å²) >= 11 is 1.51. The zero-order valence-corrected chi connectivity index (χ0v) is 14.4. The first kappa shape index (κ1) is 16.8. The van der Waals surface area contributed by atoms with Crippen LogP contribution in [0.4, 0.5) is 15.8 Å². The Morgan fingerprint density at radius 1 is 1.25 bits per heavy atom. The fourth-order valence-electron chi connectivity index (χ4n) is 2.36. The van der Waals surface area contributed by atoms with Crippen molar-refractivity contribution in [2.75, 3.05) is 10.0 Å². The fourth-order valence-corrected chi connectivity index (χ4v) is 4.49. The number of anilines is 2. The van der Waals surface area contributed by atoms with E-state index in [1.165, 1.54) is 42.1 Å². The summed E-state index contributed by atoms with van der Waals surface area (Å²) in [5, 5.41) is 2.84. The average Bonchev–Trinajstić information content (AvgIpc) is 2.62. The van der Waals surface area contributed by atoms with Gasteiger partial charge in [0.25, 0.3) is 10.0 Å². The van der Waals surface area contributed by atoms with Gasteiger partial charge in [0.2, 0.25) is 5.91 Å². The second-order valence-corrected chi connectivity index (χ2v) is 8.62. The summed E-state index contributed by atoms with van der Waals surface area (Å²) in [6, 6.07) is 9.76. The molecule has 1 aliphatic rings. The Morgan fingerprint density at radius 2 is 2.04 bits per heavy atom. The molecule has 3 rings (SSSR count). The summed E-state index contributed by atoms with van der Waals surface area (Å²) in [4.78, 5) is 12.6. The van der Waals surface area contributed by atoms with Gasteiger partial charge >= 0.3 is 0 Å². The number of carbonyl (C=O) groups excluding carboxylic acids is 1. The number of rotatable bonds is 3. The monoisotopic (exact) mass is 366 g/mol. The second kappa shape index (κ2) is 6.45. The first-order valence-electron chi connectivity index (χ1n) is 7.22. The molecule has 126 valence electrons. The van der Waals surface area contributed by atoms with Crippen LogP contribution in [0.25, 0.3) is 0 Å². The van der Waals surface area contributed by atoms with Gasteiger partial charge < -0.3 is 5.32 Å². The normalized spacial score (nSPS) is 17.6. The molecular formula is C16H15FN2O3S2. The molecule has 2 N–H and O–H groups in total. The maximum Gasteiger partial charge on any atom is 0.261 e. The van der Waals surface area contributed by atoms with Crippen LogP contribution in [0.5, 0.6) is 0 Å². The topological polar surface area (TPSA) is 75.3 Å². The number of nitrogens with one attached hydrogen (secondary N) is 2. The quantitative estimate of drug-likeness (QED) is 0.872. The van der Waals surface area contributed by atoms with Crippen LogP contribution in [-0.2, 0) is 14.8 Å². The van der Waals surface area contributed by atoms with Crippen LogP contribution in [0.15, 0.2) is 52.3 Å². The maximum atomic E-state index is 13.2. The lowest BCUT2D eigenvalue weighted by atomic mass is 10.3.